The van der Waals surface area contributed by atoms with Crippen molar-refractivity contribution in [1.82, 2.24) is 4.90 Å². The van der Waals surface area contributed by atoms with Gasteiger partial charge < -0.3 is 9.84 Å². The van der Waals surface area contributed by atoms with Crippen LogP contribution in [-0.4, -0.2) is 48.5 Å². The third-order valence-electron chi connectivity index (χ3n) is 3.84. The topological polar surface area (TPSA) is 32.7 Å². The van der Waals surface area contributed by atoms with Gasteiger partial charge in [0.2, 0.25) is 0 Å². The van der Waals surface area contributed by atoms with E-state index in [2.05, 4.69) is 4.90 Å². The van der Waals surface area contributed by atoms with Gasteiger partial charge >= 0.3 is 0 Å². The van der Waals surface area contributed by atoms with Crippen molar-refractivity contribution in [3.63, 3.8) is 0 Å². The molecule has 3 rings (SSSR count). The van der Waals surface area contributed by atoms with Crippen LogP contribution in [0.3, 0.4) is 0 Å². The molecule has 15 heavy (non-hydrogen) atoms. The second-order valence-corrected chi connectivity index (χ2v) is 4.93. The lowest BCUT2D eigenvalue weighted by molar-refractivity contribution is 0.0168. The molecule has 1 N–H and O–H groups in total. The Hall–Kier alpha value is -0.120. The summed E-state index contributed by atoms with van der Waals surface area (Å²) in [6.45, 7) is 7.51. The number of aliphatic hydroxyl groups excluding tert-OH is 1. The highest BCUT2D eigenvalue weighted by molar-refractivity contribution is 5.00. The summed E-state index contributed by atoms with van der Waals surface area (Å²) in [6, 6.07) is 0.661. The summed E-state index contributed by atoms with van der Waals surface area (Å²) in [5.74, 6) is 0. The predicted octanol–water partition coefficient (Wildman–Crippen LogP) is 1.26. The van der Waals surface area contributed by atoms with E-state index in [4.69, 9.17) is 4.74 Å². The quantitative estimate of drug-likeness (QED) is 0.766. The normalized spacial score (nSPS) is 36.2. The summed E-state index contributed by atoms with van der Waals surface area (Å²) in [5.41, 5.74) is 0.282. The number of hydrogen-bond acceptors (Lipinski definition) is 3. The first kappa shape index (κ1) is 11.4. The molecule has 3 heteroatoms. The van der Waals surface area contributed by atoms with E-state index in [1.165, 1.54) is 19.3 Å². The van der Waals surface area contributed by atoms with Crippen molar-refractivity contribution in [2.24, 2.45) is 5.41 Å². The van der Waals surface area contributed by atoms with Gasteiger partial charge in [0.25, 0.3) is 0 Å². The SMILES string of the molecule is CC.OCC1(CN2CC3C[C@@H]2CO3)CC1. The highest BCUT2D eigenvalue weighted by Crippen LogP contribution is 2.47. The van der Waals surface area contributed by atoms with Crippen molar-refractivity contribution >= 4 is 0 Å². The van der Waals surface area contributed by atoms with E-state index in [0.717, 1.165) is 19.7 Å². The lowest BCUT2D eigenvalue weighted by atomic mass is 10.1. The number of aliphatic hydroxyl groups is 1. The molecular formula is C12H23NO2. The molecule has 0 amide bonds. The van der Waals surface area contributed by atoms with Crippen molar-refractivity contribution in [2.75, 3.05) is 26.3 Å². The van der Waals surface area contributed by atoms with Crippen LogP contribution < -0.4 is 0 Å². The van der Waals surface area contributed by atoms with Crippen molar-refractivity contribution in [2.45, 2.75) is 45.3 Å². The minimum Gasteiger partial charge on any atom is -0.396 e. The Morgan fingerprint density at radius 2 is 2.13 bits per heavy atom. The second-order valence-electron chi connectivity index (χ2n) is 4.93. The van der Waals surface area contributed by atoms with Gasteiger partial charge in [-0.15, -0.1) is 0 Å². The van der Waals surface area contributed by atoms with Gasteiger partial charge in [0, 0.05) is 31.2 Å². The molecule has 2 aliphatic heterocycles. The number of fused-ring (bicyclic) bond motifs is 2. The van der Waals surface area contributed by atoms with E-state index >= 15 is 0 Å². The Bertz CT molecular complexity index is 216. The molecule has 0 aromatic carbocycles. The van der Waals surface area contributed by atoms with E-state index in [-0.39, 0.29) is 5.41 Å². The van der Waals surface area contributed by atoms with Gasteiger partial charge in [-0.1, -0.05) is 13.8 Å². The Labute approximate surface area is 92.4 Å². The maximum Gasteiger partial charge on any atom is 0.0718 e. The molecule has 0 spiro atoms. The third-order valence-corrected chi connectivity index (χ3v) is 3.84. The van der Waals surface area contributed by atoms with Gasteiger partial charge in [-0.3, -0.25) is 4.90 Å². The van der Waals surface area contributed by atoms with Crippen LogP contribution >= 0.6 is 0 Å². The van der Waals surface area contributed by atoms with Gasteiger partial charge in [-0.25, -0.2) is 0 Å². The first-order valence-electron chi connectivity index (χ1n) is 6.28. The van der Waals surface area contributed by atoms with Crippen molar-refractivity contribution in [3.05, 3.63) is 0 Å². The van der Waals surface area contributed by atoms with E-state index in [1.54, 1.807) is 0 Å². The average molecular weight is 213 g/mol. The molecule has 3 fully saturated rings. The fourth-order valence-electron chi connectivity index (χ4n) is 2.65. The molecule has 2 saturated heterocycles. The summed E-state index contributed by atoms with van der Waals surface area (Å²) in [6.07, 6.45) is 4.16. The molecule has 0 aromatic rings. The van der Waals surface area contributed by atoms with Crippen LogP contribution in [0.15, 0.2) is 0 Å². The number of hydrogen-bond donors (Lipinski definition) is 1. The number of morpholine rings is 1. The summed E-state index contributed by atoms with van der Waals surface area (Å²) >= 11 is 0. The Morgan fingerprint density at radius 3 is 2.53 bits per heavy atom. The fourth-order valence-corrected chi connectivity index (χ4v) is 2.65. The maximum absolute atomic E-state index is 9.23. The highest BCUT2D eigenvalue weighted by atomic mass is 16.5. The maximum atomic E-state index is 9.23. The van der Waals surface area contributed by atoms with Crippen molar-refractivity contribution in [3.8, 4) is 0 Å². The van der Waals surface area contributed by atoms with E-state index in [1.807, 2.05) is 13.8 Å². The molecular weight excluding hydrogens is 190 g/mol. The van der Waals surface area contributed by atoms with Crippen LogP contribution in [0.2, 0.25) is 0 Å². The zero-order valence-corrected chi connectivity index (χ0v) is 9.91. The minimum atomic E-state index is 0.282. The number of nitrogens with zero attached hydrogens (tertiary/aromatic N) is 1. The third kappa shape index (κ3) is 2.19. The van der Waals surface area contributed by atoms with Crippen molar-refractivity contribution in [1.29, 1.82) is 0 Å². The lowest BCUT2D eigenvalue weighted by Gasteiger charge is -2.29. The molecule has 2 bridgehead atoms. The number of likely N-dealkylation sites (tertiary alicyclic amines) is 1. The molecule has 0 aromatic heterocycles. The van der Waals surface area contributed by atoms with Gasteiger partial charge in [0.05, 0.1) is 12.7 Å². The van der Waals surface area contributed by atoms with Crippen LogP contribution in [0, 0.1) is 5.41 Å². The number of rotatable bonds is 3. The van der Waals surface area contributed by atoms with Crippen LogP contribution in [0.25, 0.3) is 0 Å². The number of ether oxygens (including phenoxy) is 1. The van der Waals surface area contributed by atoms with Crippen LogP contribution in [0.5, 0.6) is 0 Å². The largest absolute Gasteiger partial charge is 0.396 e. The second kappa shape index (κ2) is 4.40. The van der Waals surface area contributed by atoms with Gasteiger partial charge in [-0.2, -0.15) is 0 Å². The van der Waals surface area contributed by atoms with Crippen molar-refractivity contribution < 1.29 is 9.84 Å². The summed E-state index contributed by atoms with van der Waals surface area (Å²) in [5, 5.41) is 9.23. The summed E-state index contributed by atoms with van der Waals surface area (Å²) in [4.78, 5) is 2.53. The average Bonchev–Trinajstić information content (AvgIpc) is 2.75. The fraction of sp³-hybridized carbons (Fsp3) is 1.00. The zero-order valence-electron chi connectivity index (χ0n) is 9.91. The summed E-state index contributed by atoms with van der Waals surface area (Å²) < 4.78 is 5.55. The molecule has 1 unspecified atom stereocenters. The van der Waals surface area contributed by atoms with E-state index in [0.29, 0.717) is 18.8 Å². The van der Waals surface area contributed by atoms with Gasteiger partial charge in [0.15, 0.2) is 0 Å². The molecule has 0 radical (unpaired) electrons. The monoisotopic (exact) mass is 213 g/mol. The Balaban J connectivity index is 0.000000404. The first-order chi connectivity index (χ1) is 7.31. The lowest BCUT2D eigenvalue weighted by Crippen LogP contribution is -2.41. The van der Waals surface area contributed by atoms with Gasteiger partial charge in [-0.05, 0) is 19.3 Å². The molecule has 2 atom stereocenters. The summed E-state index contributed by atoms with van der Waals surface area (Å²) in [7, 11) is 0. The van der Waals surface area contributed by atoms with Crippen LogP contribution in [-0.2, 0) is 4.74 Å². The standard InChI is InChI=1S/C10H17NO2.C2H6/c12-7-10(1-2-10)6-11-4-9-3-8(11)5-13-9;1-2/h8-9,12H,1-7H2;1-2H3/t8-,9?;/m1./s1. The van der Waals surface area contributed by atoms with Crippen LogP contribution in [0.4, 0.5) is 0 Å². The van der Waals surface area contributed by atoms with Gasteiger partial charge in [0.1, 0.15) is 0 Å². The van der Waals surface area contributed by atoms with E-state index < -0.39 is 0 Å². The molecule has 3 aliphatic rings. The van der Waals surface area contributed by atoms with E-state index in [9.17, 15) is 5.11 Å². The first-order valence-corrected chi connectivity index (χ1v) is 6.28. The smallest absolute Gasteiger partial charge is 0.0718 e. The minimum absolute atomic E-state index is 0.282. The molecule has 88 valence electrons. The molecule has 1 saturated carbocycles. The predicted molar refractivity (Wildman–Crippen MR) is 59.8 cm³/mol. The highest BCUT2D eigenvalue weighted by Gasteiger charge is 2.48. The Kier molecular flexibility index (Phi) is 3.33. The van der Waals surface area contributed by atoms with Crippen LogP contribution in [0.1, 0.15) is 33.1 Å². The molecule has 3 nitrogen and oxygen atoms in total. The molecule has 2 heterocycles. The Morgan fingerprint density at radius 1 is 1.40 bits per heavy atom. The zero-order chi connectivity index (χ0) is 10.9. The molecule has 1 aliphatic carbocycles.